The minimum Gasteiger partial charge on any atom is -0.390 e. The lowest BCUT2D eigenvalue weighted by atomic mass is 10.0. The van der Waals surface area contributed by atoms with Crippen LogP contribution in [-0.4, -0.2) is 72.7 Å². The predicted molar refractivity (Wildman–Crippen MR) is 79.2 cm³/mol. The highest BCUT2D eigenvalue weighted by atomic mass is 32.3. The minimum atomic E-state index is -4.84. The summed E-state index contributed by atoms with van der Waals surface area (Å²) in [5.41, 5.74) is 12.2. The number of fused-ring (bicyclic) bond motifs is 2. The Labute approximate surface area is 142 Å². The Hall–Kier alpha value is -2.36. The quantitative estimate of drug-likeness (QED) is 0.112. The molecule has 2 atom stereocenters. The number of hydrogen-bond acceptors (Lipinski definition) is 8. The number of amides is 3. The van der Waals surface area contributed by atoms with Crippen LogP contribution in [-0.2, 0) is 29.2 Å². The summed E-state index contributed by atoms with van der Waals surface area (Å²) in [4.78, 5) is 34.9. The Bertz CT molecular complexity index is 650. The molecule has 25 heavy (non-hydrogen) atoms. The molecule has 2 saturated heterocycles. The van der Waals surface area contributed by atoms with E-state index in [1.165, 1.54) is 0 Å². The molecule has 0 saturated carbocycles. The van der Waals surface area contributed by atoms with E-state index in [1.54, 1.807) is 0 Å². The smallest absolute Gasteiger partial charge is 0.390 e. The lowest BCUT2D eigenvalue weighted by molar-refractivity contribution is -0.140. The van der Waals surface area contributed by atoms with Crippen molar-refractivity contribution in [2.45, 2.75) is 24.9 Å². The van der Waals surface area contributed by atoms with Gasteiger partial charge in [-0.3, -0.25) is 14.2 Å². The van der Waals surface area contributed by atoms with Crippen molar-refractivity contribution < 1.29 is 36.5 Å². The molecule has 142 valence electrons. The maximum atomic E-state index is 12.1. The van der Waals surface area contributed by atoms with Crippen molar-refractivity contribution in [1.29, 1.82) is 0 Å². The van der Waals surface area contributed by atoms with E-state index in [0.717, 1.165) is 4.90 Å². The van der Waals surface area contributed by atoms with Crippen molar-refractivity contribution in [3.8, 4) is 0 Å². The number of piperidine rings is 1. The van der Waals surface area contributed by atoms with Gasteiger partial charge in [-0.05, 0) is 18.0 Å². The van der Waals surface area contributed by atoms with Crippen molar-refractivity contribution in [2.75, 3.05) is 19.8 Å². The number of carbonyl (C=O) groups excluding carboxylic acids is 2. The number of rotatable bonds is 8. The Morgan fingerprint density at radius 1 is 1.36 bits per heavy atom. The molecule has 3 amide bonds. The molecule has 2 fully saturated rings. The van der Waals surface area contributed by atoms with Crippen LogP contribution < -0.4 is 16.9 Å². The molecule has 14 nitrogen and oxygen atoms in total. The molecule has 0 aromatic rings. The predicted octanol–water partition coefficient (Wildman–Crippen LogP) is -2.76. The maximum Gasteiger partial charge on any atom is 0.418 e. The Kier molecular flexibility index (Phi) is 5.83. The molecule has 6 N–H and O–H groups in total. The zero-order valence-electron chi connectivity index (χ0n) is 12.9. The van der Waals surface area contributed by atoms with Crippen molar-refractivity contribution in [3.63, 3.8) is 0 Å². The van der Waals surface area contributed by atoms with Crippen LogP contribution in [0.15, 0.2) is 5.16 Å². The van der Waals surface area contributed by atoms with Gasteiger partial charge in [0.05, 0.1) is 6.04 Å². The summed E-state index contributed by atoms with van der Waals surface area (Å²) in [6.07, 6.45) is 0.574. The number of guanidine groups is 1. The molecule has 2 aliphatic rings. The van der Waals surface area contributed by atoms with Crippen LogP contribution >= 0.6 is 0 Å². The van der Waals surface area contributed by atoms with Crippen molar-refractivity contribution in [1.82, 2.24) is 15.4 Å². The second-order valence-electron chi connectivity index (χ2n) is 5.17. The highest BCUT2D eigenvalue weighted by Gasteiger charge is 2.49. The second kappa shape index (κ2) is 7.68. The molecular formula is C10H18N6O8S. The number of nitrogens with two attached hydrogens (primary N) is 2. The SMILES string of the molecule is NC(N)=NOCCONC(=O)[C@@H]1CC[C@@H]2CN1C(=O)N2OS(=O)(=O)O. The van der Waals surface area contributed by atoms with Gasteiger partial charge in [-0.25, -0.2) is 10.3 Å². The first-order chi connectivity index (χ1) is 11.7. The highest BCUT2D eigenvalue weighted by molar-refractivity contribution is 7.80. The fourth-order valence-electron chi connectivity index (χ4n) is 2.49. The van der Waals surface area contributed by atoms with Gasteiger partial charge < -0.3 is 21.2 Å². The monoisotopic (exact) mass is 382 g/mol. The van der Waals surface area contributed by atoms with E-state index >= 15 is 0 Å². The van der Waals surface area contributed by atoms with E-state index in [0.29, 0.717) is 11.5 Å². The molecule has 2 aliphatic heterocycles. The second-order valence-corrected chi connectivity index (χ2v) is 6.18. The summed E-state index contributed by atoms with van der Waals surface area (Å²) in [7, 11) is -4.84. The van der Waals surface area contributed by atoms with Gasteiger partial charge in [0.15, 0.2) is 0 Å². The van der Waals surface area contributed by atoms with Crippen LogP contribution in [0, 0.1) is 0 Å². The summed E-state index contributed by atoms with van der Waals surface area (Å²) in [6, 6.07) is -2.28. The fourth-order valence-corrected chi connectivity index (χ4v) is 2.88. The van der Waals surface area contributed by atoms with Gasteiger partial charge >= 0.3 is 16.4 Å². The molecule has 0 unspecified atom stereocenters. The first-order valence-corrected chi connectivity index (χ1v) is 8.45. The topological polar surface area (TPSA) is 199 Å². The molecule has 0 spiro atoms. The van der Waals surface area contributed by atoms with Crippen LogP contribution in [0.2, 0.25) is 0 Å². The van der Waals surface area contributed by atoms with Gasteiger partial charge in [0, 0.05) is 6.54 Å². The van der Waals surface area contributed by atoms with Gasteiger partial charge in [0.25, 0.3) is 5.91 Å². The third-order valence-corrected chi connectivity index (χ3v) is 3.77. The average molecular weight is 382 g/mol. The van der Waals surface area contributed by atoms with E-state index in [-0.39, 0.29) is 32.1 Å². The number of nitrogens with zero attached hydrogens (tertiary/aromatic N) is 3. The Balaban J connectivity index is 1.82. The molecule has 0 radical (unpaired) electrons. The van der Waals surface area contributed by atoms with Crippen LogP contribution in [0.25, 0.3) is 0 Å². The van der Waals surface area contributed by atoms with E-state index in [1.807, 2.05) is 0 Å². The summed E-state index contributed by atoms with van der Waals surface area (Å²) >= 11 is 0. The van der Waals surface area contributed by atoms with Crippen LogP contribution in [0.4, 0.5) is 4.79 Å². The van der Waals surface area contributed by atoms with Crippen LogP contribution in [0.1, 0.15) is 12.8 Å². The molecule has 2 rings (SSSR count). The van der Waals surface area contributed by atoms with Gasteiger partial charge in [-0.2, -0.15) is 13.5 Å². The van der Waals surface area contributed by atoms with Crippen LogP contribution in [0.5, 0.6) is 0 Å². The molecule has 15 heteroatoms. The third kappa shape index (κ3) is 5.05. The number of hydroxylamine groups is 3. The largest absolute Gasteiger partial charge is 0.418 e. The first-order valence-electron chi connectivity index (χ1n) is 7.08. The molecule has 0 aromatic carbocycles. The van der Waals surface area contributed by atoms with Crippen molar-refractivity contribution >= 4 is 28.3 Å². The standard InChI is InChI=1S/C10H18N6O8S/c11-9(12)14-23-4-3-22-13-8(17)7-2-1-6-5-15(7)10(18)16(6)24-25(19,20)21/h6-7H,1-5H2,(H,13,17)(H4,11,12,14)(H,19,20,21)/t6-,7+/m1/s1. The summed E-state index contributed by atoms with van der Waals surface area (Å²) in [5.74, 6) is -0.854. The van der Waals surface area contributed by atoms with E-state index in [9.17, 15) is 18.0 Å². The highest BCUT2D eigenvalue weighted by Crippen LogP contribution is 2.30. The lowest BCUT2D eigenvalue weighted by Crippen LogP contribution is -2.49. The molecule has 2 bridgehead atoms. The number of oxime groups is 1. The molecule has 0 aromatic heterocycles. The Morgan fingerprint density at radius 2 is 2.08 bits per heavy atom. The summed E-state index contributed by atoms with van der Waals surface area (Å²) in [6.45, 7) is 0.00733. The van der Waals surface area contributed by atoms with Crippen LogP contribution in [0.3, 0.4) is 0 Å². The number of nitrogens with one attached hydrogen (secondary N) is 1. The van der Waals surface area contributed by atoms with E-state index in [4.69, 9.17) is 20.9 Å². The first kappa shape index (κ1) is 19.0. The summed E-state index contributed by atoms with van der Waals surface area (Å²) < 4.78 is 34.6. The zero-order valence-corrected chi connectivity index (χ0v) is 13.7. The molecule has 2 heterocycles. The van der Waals surface area contributed by atoms with Gasteiger partial charge in [0.2, 0.25) is 5.96 Å². The average Bonchev–Trinajstić information content (AvgIpc) is 2.74. The number of urea groups is 1. The van der Waals surface area contributed by atoms with Crippen molar-refractivity contribution in [2.24, 2.45) is 16.6 Å². The van der Waals surface area contributed by atoms with Gasteiger partial charge in [0.1, 0.15) is 19.3 Å². The number of hydrogen-bond donors (Lipinski definition) is 4. The van der Waals surface area contributed by atoms with E-state index in [2.05, 4.69) is 19.8 Å². The Morgan fingerprint density at radius 3 is 2.72 bits per heavy atom. The van der Waals surface area contributed by atoms with E-state index < -0.39 is 34.4 Å². The fraction of sp³-hybridized carbons (Fsp3) is 0.700. The minimum absolute atomic E-state index is 0.0243. The normalized spacial score (nSPS) is 22.7. The maximum absolute atomic E-state index is 12.1. The molecule has 0 aliphatic carbocycles. The van der Waals surface area contributed by atoms with Crippen molar-refractivity contribution in [3.05, 3.63) is 0 Å². The van der Waals surface area contributed by atoms with Gasteiger partial charge in [-0.15, -0.1) is 4.28 Å². The zero-order chi connectivity index (χ0) is 18.6. The molecular weight excluding hydrogens is 364 g/mol. The third-order valence-electron chi connectivity index (χ3n) is 3.42. The van der Waals surface area contributed by atoms with Gasteiger partial charge in [-0.1, -0.05) is 0 Å². The lowest BCUT2D eigenvalue weighted by Gasteiger charge is -2.28. The number of carbonyl (C=O) groups is 2. The summed E-state index contributed by atoms with van der Waals surface area (Å²) in [5, 5.41) is 3.80.